The van der Waals surface area contributed by atoms with E-state index in [-0.39, 0.29) is 24.8 Å². The highest BCUT2D eigenvalue weighted by Crippen LogP contribution is 2.16. The second-order valence-corrected chi connectivity index (χ2v) is 4.80. The van der Waals surface area contributed by atoms with Gasteiger partial charge in [0.25, 0.3) is 0 Å². The van der Waals surface area contributed by atoms with Crippen LogP contribution in [-0.4, -0.2) is 51.7 Å². The molecule has 0 aromatic heterocycles. The van der Waals surface area contributed by atoms with Gasteiger partial charge in [0.2, 0.25) is 11.8 Å². The molecule has 0 atom stereocenters. The minimum Gasteiger partial charge on any atom is -0.465 e. The van der Waals surface area contributed by atoms with E-state index in [1.54, 1.807) is 31.4 Å². The van der Waals surface area contributed by atoms with Gasteiger partial charge in [0.15, 0.2) is 0 Å². The molecule has 0 aliphatic heterocycles. The third-order valence-corrected chi connectivity index (χ3v) is 3.17. The summed E-state index contributed by atoms with van der Waals surface area (Å²) in [6.45, 7) is 2.56. The van der Waals surface area contributed by atoms with Gasteiger partial charge < -0.3 is 19.7 Å². The van der Waals surface area contributed by atoms with Gasteiger partial charge in [0.1, 0.15) is 0 Å². The van der Waals surface area contributed by atoms with Crippen molar-refractivity contribution in [2.45, 2.75) is 13.3 Å². The van der Waals surface area contributed by atoms with Crippen molar-refractivity contribution in [3.8, 4) is 0 Å². The number of hydrogen-bond donors (Lipinski definition) is 1. The number of nitrogens with zero attached hydrogens (tertiary/aromatic N) is 1. The van der Waals surface area contributed by atoms with Gasteiger partial charge in [-0.05, 0) is 24.3 Å². The quantitative estimate of drug-likeness (QED) is 0.569. The molecule has 0 heterocycles. The normalized spacial score (nSPS) is 10.0. The summed E-state index contributed by atoms with van der Waals surface area (Å²) in [5, 5.41) is 2.70. The Hall–Kier alpha value is -2.41. The Labute approximate surface area is 135 Å². The first kappa shape index (κ1) is 18.6. The molecule has 0 fully saturated rings. The van der Waals surface area contributed by atoms with Gasteiger partial charge in [-0.25, -0.2) is 4.79 Å². The molecular weight excluding hydrogens is 300 g/mol. The van der Waals surface area contributed by atoms with E-state index in [0.29, 0.717) is 24.4 Å². The Bertz CT molecular complexity index is 542. The first-order valence-electron chi connectivity index (χ1n) is 7.21. The van der Waals surface area contributed by atoms with E-state index < -0.39 is 5.97 Å². The molecule has 126 valence electrons. The number of anilines is 1. The molecule has 0 aliphatic rings. The summed E-state index contributed by atoms with van der Waals surface area (Å²) in [5.41, 5.74) is 1.02. The number of carbonyl (C=O) groups excluding carboxylic acids is 3. The van der Waals surface area contributed by atoms with E-state index in [0.717, 1.165) is 0 Å². The van der Waals surface area contributed by atoms with Crippen LogP contribution in [0.15, 0.2) is 24.3 Å². The summed E-state index contributed by atoms with van der Waals surface area (Å²) in [5.74, 6) is -0.775. The molecule has 0 unspecified atom stereocenters. The second kappa shape index (κ2) is 9.58. The SMILES string of the molecule is COCCNC(=O)CCN(C(C)=O)c1ccc(C(=O)OC)cc1. The Kier molecular flexibility index (Phi) is 7.76. The molecule has 1 N–H and O–H groups in total. The Morgan fingerprint density at radius 3 is 2.30 bits per heavy atom. The molecule has 1 aromatic carbocycles. The molecule has 7 nitrogen and oxygen atoms in total. The van der Waals surface area contributed by atoms with Crippen LogP contribution in [0.4, 0.5) is 5.69 Å². The fourth-order valence-corrected chi connectivity index (χ4v) is 1.96. The summed E-state index contributed by atoms with van der Waals surface area (Å²) >= 11 is 0. The number of rotatable bonds is 8. The van der Waals surface area contributed by atoms with Crippen molar-refractivity contribution in [3.05, 3.63) is 29.8 Å². The number of amides is 2. The third-order valence-electron chi connectivity index (χ3n) is 3.17. The summed E-state index contributed by atoms with van der Waals surface area (Å²) in [7, 11) is 2.86. The summed E-state index contributed by atoms with van der Waals surface area (Å²) in [6, 6.07) is 6.46. The predicted octanol–water partition coefficient (Wildman–Crippen LogP) is 0.979. The maximum absolute atomic E-state index is 11.8. The van der Waals surface area contributed by atoms with Gasteiger partial charge in [-0.2, -0.15) is 0 Å². The number of methoxy groups -OCH3 is 2. The van der Waals surface area contributed by atoms with Crippen molar-refractivity contribution in [2.24, 2.45) is 0 Å². The molecule has 23 heavy (non-hydrogen) atoms. The van der Waals surface area contributed by atoms with Crippen LogP contribution in [0.3, 0.4) is 0 Å². The molecule has 0 aliphatic carbocycles. The smallest absolute Gasteiger partial charge is 0.337 e. The molecular formula is C16H22N2O5. The molecule has 0 saturated carbocycles. The monoisotopic (exact) mass is 322 g/mol. The van der Waals surface area contributed by atoms with Crippen LogP contribution in [0.25, 0.3) is 0 Å². The van der Waals surface area contributed by atoms with Crippen LogP contribution in [-0.2, 0) is 19.1 Å². The van der Waals surface area contributed by atoms with Gasteiger partial charge in [0.05, 0.1) is 19.3 Å². The lowest BCUT2D eigenvalue weighted by molar-refractivity contribution is -0.121. The van der Waals surface area contributed by atoms with E-state index in [1.807, 2.05) is 0 Å². The van der Waals surface area contributed by atoms with Crippen LogP contribution in [0.5, 0.6) is 0 Å². The third kappa shape index (κ3) is 6.07. The largest absolute Gasteiger partial charge is 0.465 e. The molecule has 0 spiro atoms. The minimum atomic E-state index is -0.441. The van der Waals surface area contributed by atoms with Crippen molar-refractivity contribution in [1.82, 2.24) is 5.32 Å². The van der Waals surface area contributed by atoms with Crippen LogP contribution in [0.2, 0.25) is 0 Å². The number of nitrogens with one attached hydrogen (secondary N) is 1. The zero-order valence-electron chi connectivity index (χ0n) is 13.6. The van der Waals surface area contributed by atoms with E-state index in [1.165, 1.54) is 18.9 Å². The molecule has 2 amide bonds. The number of carbonyl (C=O) groups is 3. The van der Waals surface area contributed by atoms with E-state index in [2.05, 4.69) is 10.1 Å². The van der Waals surface area contributed by atoms with Gasteiger partial charge in [-0.3, -0.25) is 9.59 Å². The van der Waals surface area contributed by atoms with E-state index in [9.17, 15) is 14.4 Å². The maximum atomic E-state index is 11.8. The van der Waals surface area contributed by atoms with Crippen LogP contribution in [0.1, 0.15) is 23.7 Å². The topological polar surface area (TPSA) is 84.9 Å². The lowest BCUT2D eigenvalue weighted by Crippen LogP contribution is -2.34. The zero-order valence-corrected chi connectivity index (χ0v) is 13.6. The highest BCUT2D eigenvalue weighted by Gasteiger charge is 2.14. The van der Waals surface area contributed by atoms with Crippen LogP contribution in [0, 0.1) is 0 Å². The molecule has 0 bridgehead atoms. The summed E-state index contributed by atoms with van der Waals surface area (Å²) < 4.78 is 9.48. The Morgan fingerprint density at radius 2 is 1.78 bits per heavy atom. The van der Waals surface area contributed by atoms with Gasteiger partial charge >= 0.3 is 5.97 Å². The summed E-state index contributed by atoms with van der Waals surface area (Å²) in [4.78, 5) is 36.4. The first-order valence-corrected chi connectivity index (χ1v) is 7.21. The second-order valence-electron chi connectivity index (χ2n) is 4.80. The Morgan fingerprint density at radius 1 is 1.13 bits per heavy atom. The maximum Gasteiger partial charge on any atom is 0.337 e. The number of hydrogen-bond acceptors (Lipinski definition) is 5. The van der Waals surface area contributed by atoms with Crippen molar-refractivity contribution in [1.29, 1.82) is 0 Å². The average Bonchev–Trinajstić information content (AvgIpc) is 2.55. The predicted molar refractivity (Wildman–Crippen MR) is 85.3 cm³/mol. The van der Waals surface area contributed by atoms with Gasteiger partial charge in [-0.15, -0.1) is 0 Å². The minimum absolute atomic E-state index is 0.153. The fraction of sp³-hybridized carbons (Fsp3) is 0.438. The fourth-order valence-electron chi connectivity index (χ4n) is 1.96. The number of esters is 1. The molecule has 0 radical (unpaired) electrons. The molecule has 1 rings (SSSR count). The van der Waals surface area contributed by atoms with Crippen molar-refractivity contribution in [3.63, 3.8) is 0 Å². The zero-order chi connectivity index (χ0) is 17.2. The highest BCUT2D eigenvalue weighted by atomic mass is 16.5. The average molecular weight is 322 g/mol. The summed E-state index contributed by atoms with van der Waals surface area (Å²) in [6.07, 6.45) is 0.183. The molecule has 7 heteroatoms. The van der Waals surface area contributed by atoms with Crippen LogP contribution < -0.4 is 10.2 Å². The van der Waals surface area contributed by atoms with E-state index >= 15 is 0 Å². The van der Waals surface area contributed by atoms with Crippen molar-refractivity contribution >= 4 is 23.5 Å². The number of ether oxygens (including phenoxy) is 2. The van der Waals surface area contributed by atoms with Crippen LogP contribution >= 0.6 is 0 Å². The van der Waals surface area contributed by atoms with Crippen molar-refractivity contribution < 1.29 is 23.9 Å². The molecule has 0 saturated heterocycles. The van der Waals surface area contributed by atoms with E-state index in [4.69, 9.17) is 4.74 Å². The highest BCUT2D eigenvalue weighted by molar-refractivity contribution is 5.94. The lowest BCUT2D eigenvalue weighted by atomic mass is 10.2. The standard InChI is InChI=1S/C16H22N2O5/c1-12(19)18(10-8-15(20)17-9-11-22-2)14-6-4-13(5-7-14)16(21)23-3/h4-7H,8-11H2,1-3H3,(H,17,20). The molecule has 1 aromatic rings. The first-order chi connectivity index (χ1) is 11.0. The lowest BCUT2D eigenvalue weighted by Gasteiger charge is -2.21. The Balaban J connectivity index is 2.66. The number of benzene rings is 1. The van der Waals surface area contributed by atoms with Crippen molar-refractivity contribution in [2.75, 3.05) is 38.8 Å². The van der Waals surface area contributed by atoms with Gasteiger partial charge in [-0.1, -0.05) is 0 Å². The van der Waals surface area contributed by atoms with Gasteiger partial charge in [0, 0.05) is 39.2 Å².